The molecule has 2 aromatic rings. The average molecular weight is 350 g/mol. The van der Waals surface area contributed by atoms with Crippen molar-refractivity contribution >= 4 is 17.5 Å². The first kappa shape index (κ1) is 17.9. The number of benzene rings is 2. The predicted octanol–water partition coefficient (Wildman–Crippen LogP) is 3.22. The van der Waals surface area contributed by atoms with Crippen molar-refractivity contribution < 1.29 is 19.0 Å². The molecule has 2 aromatic carbocycles. The molecule has 0 saturated carbocycles. The Morgan fingerprint density at radius 2 is 1.54 bits per heavy atom. The van der Waals surface area contributed by atoms with Gasteiger partial charge >= 0.3 is 0 Å². The van der Waals surface area contributed by atoms with Crippen molar-refractivity contribution in [1.82, 2.24) is 5.32 Å². The third-order valence-electron chi connectivity index (χ3n) is 3.52. The first-order valence-corrected chi connectivity index (χ1v) is 7.75. The Hall–Kier alpha value is -2.40. The quantitative estimate of drug-likeness (QED) is 0.833. The lowest BCUT2D eigenvalue weighted by Gasteiger charge is -2.10. The number of hydrogen-bond donors (Lipinski definition) is 1. The van der Waals surface area contributed by atoms with Crippen LogP contribution in [0.3, 0.4) is 0 Å². The zero-order chi connectivity index (χ0) is 17.5. The van der Waals surface area contributed by atoms with Crippen LogP contribution in [0.25, 0.3) is 0 Å². The first-order valence-electron chi connectivity index (χ1n) is 7.37. The normalized spacial score (nSPS) is 10.2. The number of methoxy groups -OCH3 is 3. The summed E-state index contributed by atoms with van der Waals surface area (Å²) in [5, 5.41) is 3.39. The molecule has 0 bridgehead atoms. The summed E-state index contributed by atoms with van der Waals surface area (Å²) < 4.78 is 15.5. The topological polar surface area (TPSA) is 56.8 Å². The lowest BCUT2D eigenvalue weighted by Crippen LogP contribution is -2.24. The minimum absolute atomic E-state index is 0.0887. The van der Waals surface area contributed by atoms with Crippen LogP contribution in [0.1, 0.15) is 11.1 Å². The summed E-state index contributed by atoms with van der Waals surface area (Å²) in [6.07, 6.45) is 0.254. The monoisotopic (exact) mass is 349 g/mol. The summed E-state index contributed by atoms with van der Waals surface area (Å²) in [7, 11) is 4.70. The minimum atomic E-state index is -0.0887. The molecule has 24 heavy (non-hydrogen) atoms. The molecule has 0 spiro atoms. The Morgan fingerprint density at radius 1 is 0.917 bits per heavy atom. The van der Waals surface area contributed by atoms with E-state index in [0.717, 1.165) is 11.1 Å². The second kappa shape index (κ2) is 8.45. The Balaban J connectivity index is 1.95. The molecule has 0 aliphatic rings. The van der Waals surface area contributed by atoms with Crippen molar-refractivity contribution in [2.24, 2.45) is 0 Å². The van der Waals surface area contributed by atoms with Gasteiger partial charge < -0.3 is 19.5 Å². The molecule has 128 valence electrons. The first-order chi connectivity index (χ1) is 11.6. The fourth-order valence-electron chi connectivity index (χ4n) is 2.26. The van der Waals surface area contributed by atoms with Crippen LogP contribution in [-0.2, 0) is 17.8 Å². The van der Waals surface area contributed by atoms with Crippen molar-refractivity contribution in [3.63, 3.8) is 0 Å². The van der Waals surface area contributed by atoms with Crippen LogP contribution < -0.4 is 19.5 Å². The van der Waals surface area contributed by atoms with Crippen molar-refractivity contribution in [1.29, 1.82) is 0 Å². The van der Waals surface area contributed by atoms with Gasteiger partial charge in [0.1, 0.15) is 5.75 Å². The van der Waals surface area contributed by atoms with Gasteiger partial charge in [0.25, 0.3) is 0 Å². The van der Waals surface area contributed by atoms with Crippen molar-refractivity contribution in [3.05, 3.63) is 52.5 Å². The number of ether oxygens (including phenoxy) is 3. The SMILES string of the molecule is COc1ccc(CNC(=O)Cc2ccc(OC)c(OC)c2)cc1Cl. The molecular weight excluding hydrogens is 330 g/mol. The molecule has 0 unspecified atom stereocenters. The molecule has 0 aliphatic carbocycles. The van der Waals surface area contributed by atoms with Gasteiger partial charge in [-0.2, -0.15) is 0 Å². The molecule has 0 fully saturated rings. The van der Waals surface area contributed by atoms with Crippen LogP contribution in [0.15, 0.2) is 36.4 Å². The van der Waals surface area contributed by atoms with Crippen LogP contribution >= 0.6 is 11.6 Å². The summed E-state index contributed by atoms with van der Waals surface area (Å²) >= 11 is 6.07. The van der Waals surface area contributed by atoms with Crippen molar-refractivity contribution in [2.75, 3.05) is 21.3 Å². The molecule has 5 nitrogen and oxygen atoms in total. The lowest BCUT2D eigenvalue weighted by atomic mass is 10.1. The van der Waals surface area contributed by atoms with E-state index in [0.29, 0.717) is 28.8 Å². The fourth-order valence-corrected chi connectivity index (χ4v) is 2.54. The van der Waals surface area contributed by atoms with Crippen LogP contribution in [-0.4, -0.2) is 27.2 Å². The minimum Gasteiger partial charge on any atom is -0.495 e. The molecule has 1 N–H and O–H groups in total. The summed E-state index contributed by atoms with van der Waals surface area (Å²) in [5.41, 5.74) is 1.75. The summed E-state index contributed by atoms with van der Waals surface area (Å²) in [6, 6.07) is 10.8. The van der Waals surface area contributed by atoms with Gasteiger partial charge in [-0.05, 0) is 35.4 Å². The maximum Gasteiger partial charge on any atom is 0.224 e. The van der Waals surface area contributed by atoms with Crippen LogP contribution in [0.5, 0.6) is 17.2 Å². The van der Waals surface area contributed by atoms with Crippen LogP contribution in [0.4, 0.5) is 0 Å². The van der Waals surface area contributed by atoms with Crippen molar-refractivity contribution in [2.45, 2.75) is 13.0 Å². The van der Waals surface area contributed by atoms with E-state index < -0.39 is 0 Å². The Labute approximate surface area is 146 Å². The van der Waals surface area contributed by atoms with Gasteiger partial charge in [-0.3, -0.25) is 4.79 Å². The molecule has 0 aliphatic heterocycles. The third-order valence-corrected chi connectivity index (χ3v) is 3.81. The zero-order valence-electron chi connectivity index (χ0n) is 13.9. The Morgan fingerprint density at radius 3 is 2.17 bits per heavy atom. The van der Waals surface area contributed by atoms with Gasteiger partial charge in [-0.15, -0.1) is 0 Å². The summed E-state index contributed by atoms with van der Waals surface area (Å²) in [5.74, 6) is 1.76. The van der Waals surface area contributed by atoms with Gasteiger partial charge in [0.05, 0.1) is 32.8 Å². The Bertz CT molecular complexity index is 718. The number of nitrogens with one attached hydrogen (secondary N) is 1. The van der Waals surface area contributed by atoms with Crippen molar-refractivity contribution in [3.8, 4) is 17.2 Å². The molecule has 0 radical (unpaired) electrons. The predicted molar refractivity (Wildman–Crippen MR) is 93.1 cm³/mol. The molecule has 2 rings (SSSR count). The van der Waals surface area contributed by atoms with E-state index in [1.54, 1.807) is 45.6 Å². The molecule has 1 amide bonds. The number of amides is 1. The number of carbonyl (C=O) groups is 1. The molecule has 0 heterocycles. The van der Waals surface area contributed by atoms with E-state index in [-0.39, 0.29) is 12.3 Å². The second-order valence-electron chi connectivity index (χ2n) is 5.11. The molecule has 0 atom stereocenters. The van der Waals surface area contributed by atoms with Gasteiger partial charge in [0.15, 0.2) is 11.5 Å². The Kier molecular flexibility index (Phi) is 6.32. The van der Waals surface area contributed by atoms with Gasteiger partial charge in [0, 0.05) is 6.54 Å². The average Bonchev–Trinajstić information content (AvgIpc) is 2.60. The number of carbonyl (C=O) groups excluding carboxylic acids is 1. The highest BCUT2D eigenvalue weighted by Gasteiger charge is 2.09. The van der Waals surface area contributed by atoms with E-state index >= 15 is 0 Å². The maximum absolute atomic E-state index is 12.1. The van der Waals surface area contributed by atoms with Crippen LogP contribution in [0.2, 0.25) is 5.02 Å². The zero-order valence-corrected chi connectivity index (χ0v) is 14.6. The fraction of sp³-hybridized carbons (Fsp3) is 0.278. The summed E-state index contributed by atoms with van der Waals surface area (Å²) in [4.78, 5) is 12.1. The standard InChI is InChI=1S/C18H20ClNO4/c1-22-15-6-5-13(8-14(15)19)11-20-18(21)10-12-4-7-16(23-2)17(9-12)24-3/h4-9H,10-11H2,1-3H3,(H,20,21). The van der Waals surface area contributed by atoms with E-state index in [1.165, 1.54) is 0 Å². The number of rotatable bonds is 7. The molecule has 0 saturated heterocycles. The third kappa shape index (κ3) is 4.55. The lowest BCUT2D eigenvalue weighted by molar-refractivity contribution is -0.120. The maximum atomic E-state index is 12.1. The van der Waals surface area contributed by atoms with Gasteiger partial charge in [0.2, 0.25) is 5.91 Å². The summed E-state index contributed by atoms with van der Waals surface area (Å²) in [6.45, 7) is 0.399. The number of halogens is 1. The van der Waals surface area contributed by atoms with E-state index in [4.69, 9.17) is 25.8 Å². The van der Waals surface area contributed by atoms with E-state index in [9.17, 15) is 4.79 Å². The molecule has 6 heteroatoms. The largest absolute Gasteiger partial charge is 0.495 e. The highest BCUT2D eigenvalue weighted by atomic mass is 35.5. The highest BCUT2D eigenvalue weighted by Crippen LogP contribution is 2.28. The second-order valence-corrected chi connectivity index (χ2v) is 5.52. The van der Waals surface area contributed by atoms with Crippen LogP contribution in [0, 0.1) is 0 Å². The molecular formula is C18H20ClNO4. The molecule has 0 aromatic heterocycles. The number of hydrogen-bond acceptors (Lipinski definition) is 4. The van der Waals surface area contributed by atoms with Gasteiger partial charge in [-0.25, -0.2) is 0 Å². The smallest absolute Gasteiger partial charge is 0.224 e. The van der Waals surface area contributed by atoms with E-state index in [1.807, 2.05) is 12.1 Å². The van der Waals surface area contributed by atoms with Gasteiger partial charge in [-0.1, -0.05) is 23.7 Å². The van der Waals surface area contributed by atoms with E-state index in [2.05, 4.69) is 5.32 Å². The highest BCUT2D eigenvalue weighted by molar-refractivity contribution is 6.32.